The number of anilines is 1. The Balaban J connectivity index is 1.42. The van der Waals surface area contributed by atoms with Gasteiger partial charge in [0, 0.05) is 19.3 Å². The first-order valence-corrected chi connectivity index (χ1v) is 8.56. The number of piperazine rings is 1. The van der Waals surface area contributed by atoms with Gasteiger partial charge < -0.3 is 19.9 Å². The van der Waals surface area contributed by atoms with Gasteiger partial charge >= 0.3 is 6.09 Å². The zero-order valence-corrected chi connectivity index (χ0v) is 14.7. The molecular weight excluding hydrogens is 348 g/mol. The molecule has 8 nitrogen and oxygen atoms in total. The zero-order chi connectivity index (χ0) is 19.1. The largest absolute Gasteiger partial charge is 0.445 e. The van der Waals surface area contributed by atoms with Crippen molar-refractivity contribution in [3.63, 3.8) is 0 Å². The number of aromatic nitrogens is 1. The summed E-state index contributed by atoms with van der Waals surface area (Å²) in [4.78, 5) is 43.3. The molecule has 1 saturated heterocycles. The normalized spacial score (nSPS) is 14.0. The molecule has 2 aromatic rings. The van der Waals surface area contributed by atoms with Crippen molar-refractivity contribution in [2.45, 2.75) is 6.61 Å². The van der Waals surface area contributed by atoms with Gasteiger partial charge in [-0.1, -0.05) is 30.3 Å². The molecule has 1 aromatic heterocycles. The minimum atomic E-state index is -0.674. The Morgan fingerprint density at radius 2 is 1.93 bits per heavy atom. The van der Waals surface area contributed by atoms with Crippen LogP contribution in [0.25, 0.3) is 0 Å². The lowest BCUT2D eigenvalue weighted by Gasteiger charge is -2.34. The fraction of sp³-hybridized carbons (Fsp3) is 0.263. The van der Waals surface area contributed by atoms with Gasteiger partial charge in [-0.2, -0.15) is 0 Å². The molecule has 0 unspecified atom stereocenters. The van der Waals surface area contributed by atoms with Crippen LogP contribution in [-0.2, 0) is 20.9 Å². The van der Waals surface area contributed by atoms with Crippen molar-refractivity contribution in [1.82, 2.24) is 15.2 Å². The van der Waals surface area contributed by atoms with Crippen LogP contribution >= 0.6 is 0 Å². The average molecular weight is 368 g/mol. The van der Waals surface area contributed by atoms with Crippen LogP contribution in [0.15, 0.2) is 54.9 Å². The predicted octanol–water partition coefficient (Wildman–Crippen LogP) is 1.18. The maximum absolute atomic E-state index is 12.3. The highest BCUT2D eigenvalue weighted by Crippen LogP contribution is 2.15. The van der Waals surface area contributed by atoms with E-state index in [0.29, 0.717) is 18.8 Å². The standard InChI is InChI=1S/C19H20N4O4/c24-17(12-21-19(26)27-14-15-5-2-1-3-6-15)22-9-10-23(18(25)13-22)16-7-4-8-20-11-16/h1-8,11H,9-10,12-14H2,(H,21,26). The van der Waals surface area contributed by atoms with E-state index in [-0.39, 0.29) is 31.5 Å². The highest BCUT2D eigenvalue weighted by Gasteiger charge is 2.28. The lowest BCUT2D eigenvalue weighted by atomic mass is 10.2. The number of pyridine rings is 1. The summed E-state index contributed by atoms with van der Waals surface area (Å²) >= 11 is 0. The lowest BCUT2D eigenvalue weighted by Crippen LogP contribution is -2.54. The van der Waals surface area contributed by atoms with Crippen molar-refractivity contribution in [2.24, 2.45) is 0 Å². The van der Waals surface area contributed by atoms with E-state index in [9.17, 15) is 14.4 Å². The second-order valence-electron chi connectivity index (χ2n) is 5.99. The third-order valence-corrected chi connectivity index (χ3v) is 4.13. The summed E-state index contributed by atoms with van der Waals surface area (Å²) in [6.45, 7) is 0.653. The maximum Gasteiger partial charge on any atom is 0.407 e. The van der Waals surface area contributed by atoms with Crippen LogP contribution < -0.4 is 10.2 Å². The van der Waals surface area contributed by atoms with Gasteiger partial charge in [0.1, 0.15) is 19.7 Å². The van der Waals surface area contributed by atoms with E-state index in [1.165, 1.54) is 4.90 Å². The molecule has 2 heterocycles. The number of benzene rings is 1. The number of amides is 3. The number of carbonyl (C=O) groups is 3. The molecule has 1 aromatic carbocycles. The highest BCUT2D eigenvalue weighted by molar-refractivity contribution is 5.98. The summed E-state index contributed by atoms with van der Waals surface area (Å²) in [5, 5.41) is 2.42. The Hall–Kier alpha value is -3.42. The molecule has 1 fully saturated rings. The van der Waals surface area contributed by atoms with Crippen LogP contribution in [-0.4, -0.2) is 54.0 Å². The molecule has 140 valence electrons. The van der Waals surface area contributed by atoms with Crippen molar-refractivity contribution >= 4 is 23.6 Å². The minimum absolute atomic E-state index is 0.0333. The Kier molecular flexibility index (Phi) is 5.98. The molecule has 27 heavy (non-hydrogen) atoms. The van der Waals surface area contributed by atoms with Gasteiger partial charge in [-0.15, -0.1) is 0 Å². The van der Waals surface area contributed by atoms with Gasteiger partial charge in [-0.05, 0) is 17.7 Å². The fourth-order valence-corrected chi connectivity index (χ4v) is 2.71. The van der Waals surface area contributed by atoms with Crippen molar-refractivity contribution in [1.29, 1.82) is 0 Å². The van der Waals surface area contributed by atoms with E-state index >= 15 is 0 Å². The molecule has 0 bridgehead atoms. The van der Waals surface area contributed by atoms with Crippen LogP contribution in [0.4, 0.5) is 10.5 Å². The van der Waals surface area contributed by atoms with Crippen LogP contribution in [0, 0.1) is 0 Å². The van der Waals surface area contributed by atoms with Gasteiger partial charge in [-0.25, -0.2) is 4.79 Å². The van der Waals surface area contributed by atoms with E-state index in [4.69, 9.17) is 4.74 Å². The first-order chi connectivity index (χ1) is 13.1. The minimum Gasteiger partial charge on any atom is -0.445 e. The van der Waals surface area contributed by atoms with E-state index < -0.39 is 6.09 Å². The first kappa shape index (κ1) is 18.4. The zero-order valence-electron chi connectivity index (χ0n) is 14.7. The average Bonchev–Trinajstić information content (AvgIpc) is 2.71. The Morgan fingerprint density at radius 3 is 2.63 bits per heavy atom. The second-order valence-corrected chi connectivity index (χ2v) is 5.99. The van der Waals surface area contributed by atoms with E-state index in [1.54, 1.807) is 29.4 Å². The van der Waals surface area contributed by atoms with Crippen LogP contribution in [0.2, 0.25) is 0 Å². The van der Waals surface area contributed by atoms with Gasteiger partial charge in [0.25, 0.3) is 0 Å². The predicted molar refractivity (Wildman–Crippen MR) is 97.8 cm³/mol. The topological polar surface area (TPSA) is 91.8 Å². The lowest BCUT2D eigenvalue weighted by molar-refractivity contribution is -0.136. The molecule has 0 radical (unpaired) electrons. The van der Waals surface area contributed by atoms with E-state index in [1.807, 2.05) is 30.3 Å². The number of ether oxygens (including phenoxy) is 1. The number of carbonyl (C=O) groups excluding carboxylic acids is 3. The molecule has 3 rings (SSSR count). The molecule has 0 atom stereocenters. The Labute approximate surface area is 156 Å². The van der Waals surface area contributed by atoms with Crippen molar-refractivity contribution in [3.05, 3.63) is 60.4 Å². The highest BCUT2D eigenvalue weighted by atomic mass is 16.5. The smallest absolute Gasteiger partial charge is 0.407 e. The quantitative estimate of drug-likeness (QED) is 0.856. The summed E-state index contributed by atoms with van der Waals surface area (Å²) in [5.41, 5.74) is 1.56. The molecule has 1 aliphatic heterocycles. The van der Waals surface area contributed by atoms with Crippen molar-refractivity contribution in [3.8, 4) is 0 Å². The molecular formula is C19H20N4O4. The molecule has 3 amide bonds. The first-order valence-electron chi connectivity index (χ1n) is 8.56. The third kappa shape index (κ3) is 5.04. The van der Waals surface area contributed by atoms with Gasteiger partial charge in [-0.3, -0.25) is 14.6 Å². The van der Waals surface area contributed by atoms with Gasteiger partial charge in [0.05, 0.1) is 11.9 Å². The summed E-state index contributed by atoms with van der Waals surface area (Å²) in [6, 6.07) is 12.8. The van der Waals surface area contributed by atoms with Gasteiger partial charge in [0.15, 0.2) is 0 Å². The molecule has 0 spiro atoms. The van der Waals surface area contributed by atoms with Crippen LogP contribution in [0.3, 0.4) is 0 Å². The Morgan fingerprint density at radius 1 is 1.11 bits per heavy atom. The van der Waals surface area contributed by atoms with Crippen LogP contribution in [0.5, 0.6) is 0 Å². The maximum atomic E-state index is 12.3. The number of hydrogen-bond donors (Lipinski definition) is 1. The second kappa shape index (κ2) is 8.79. The summed E-state index contributed by atoms with van der Waals surface area (Å²) in [7, 11) is 0. The van der Waals surface area contributed by atoms with Crippen molar-refractivity contribution < 1.29 is 19.1 Å². The number of alkyl carbamates (subject to hydrolysis) is 1. The van der Waals surface area contributed by atoms with E-state index in [0.717, 1.165) is 5.56 Å². The molecule has 8 heteroatoms. The third-order valence-electron chi connectivity index (χ3n) is 4.13. The number of nitrogens with one attached hydrogen (secondary N) is 1. The number of rotatable bonds is 5. The summed E-state index contributed by atoms with van der Waals surface area (Å²) < 4.78 is 5.06. The summed E-state index contributed by atoms with van der Waals surface area (Å²) in [5.74, 6) is -0.514. The fourth-order valence-electron chi connectivity index (χ4n) is 2.71. The molecule has 0 aliphatic carbocycles. The Bertz CT molecular complexity index is 798. The number of hydrogen-bond acceptors (Lipinski definition) is 5. The van der Waals surface area contributed by atoms with Gasteiger partial charge in [0.2, 0.25) is 11.8 Å². The van der Waals surface area contributed by atoms with E-state index in [2.05, 4.69) is 10.3 Å². The summed E-state index contributed by atoms with van der Waals surface area (Å²) in [6.07, 6.45) is 2.57. The van der Waals surface area contributed by atoms with Crippen molar-refractivity contribution in [2.75, 3.05) is 31.1 Å². The molecule has 1 N–H and O–H groups in total. The molecule has 0 saturated carbocycles. The SMILES string of the molecule is O=C(NCC(=O)N1CCN(c2cccnc2)C(=O)C1)OCc1ccccc1. The molecule has 1 aliphatic rings. The van der Waals surface area contributed by atoms with Crippen LogP contribution in [0.1, 0.15) is 5.56 Å². The number of nitrogens with zero attached hydrogens (tertiary/aromatic N) is 3. The monoisotopic (exact) mass is 368 g/mol.